The molecule has 1 aromatic carbocycles. The van der Waals surface area contributed by atoms with Gasteiger partial charge in [0, 0.05) is 18.1 Å². The van der Waals surface area contributed by atoms with Crippen LogP contribution in [0.3, 0.4) is 0 Å². The zero-order valence-corrected chi connectivity index (χ0v) is 11.2. The lowest BCUT2D eigenvalue weighted by Crippen LogP contribution is -2.27. The molecule has 0 radical (unpaired) electrons. The summed E-state index contributed by atoms with van der Waals surface area (Å²) in [5.74, 6) is -0.330. The van der Waals surface area contributed by atoms with Gasteiger partial charge in [-0.15, -0.1) is 0 Å². The quantitative estimate of drug-likeness (QED) is 0.932. The first-order chi connectivity index (χ1) is 8.59. The van der Waals surface area contributed by atoms with Crippen molar-refractivity contribution in [1.82, 2.24) is 15.2 Å². The second-order valence-electron chi connectivity index (χ2n) is 3.75. The third kappa shape index (κ3) is 2.51. The molecule has 0 saturated carbocycles. The van der Waals surface area contributed by atoms with E-state index in [1.165, 1.54) is 4.90 Å². The second-order valence-corrected chi connectivity index (χ2v) is 4.61. The van der Waals surface area contributed by atoms with E-state index in [9.17, 15) is 4.79 Å². The first-order valence-corrected chi connectivity index (χ1v) is 5.96. The van der Waals surface area contributed by atoms with Crippen LogP contribution in [0.5, 0.6) is 0 Å². The monoisotopic (exact) mass is 310 g/mol. The summed E-state index contributed by atoms with van der Waals surface area (Å²) in [4.78, 5) is 13.5. The molecule has 2 aromatic rings. The fourth-order valence-electron chi connectivity index (χ4n) is 1.48. The summed E-state index contributed by atoms with van der Waals surface area (Å²) in [6.45, 7) is 0.437. The number of carbonyl (C=O) groups is 1. The van der Waals surface area contributed by atoms with Crippen molar-refractivity contribution in [2.75, 3.05) is 12.8 Å². The highest BCUT2D eigenvalue weighted by Crippen LogP contribution is 2.18. The number of nitrogens with zero attached hydrogens (tertiary/aromatic N) is 3. The molecule has 0 unspecified atom stereocenters. The molecule has 2 N–H and O–H groups in total. The van der Waals surface area contributed by atoms with Gasteiger partial charge in [0.05, 0.1) is 0 Å². The Balaban J connectivity index is 2.14. The maximum absolute atomic E-state index is 12.0. The summed E-state index contributed by atoms with van der Waals surface area (Å²) in [6, 6.07) is 7.66. The summed E-state index contributed by atoms with van der Waals surface area (Å²) >= 11 is 3.43. The van der Waals surface area contributed by atoms with E-state index >= 15 is 0 Å². The lowest BCUT2D eigenvalue weighted by molar-refractivity contribution is 0.0774. The van der Waals surface area contributed by atoms with Crippen LogP contribution in [0, 0.1) is 0 Å². The van der Waals surface area contributed by atoms with Crippen LogP contribution in [0.2, 0.25) is 0 Å². The molecule has 0 aliphatic heterocycles. The Morgan fingerprint density at radius 1 is 1.44 bits per heavy atom. The number of aromatic nitrogens is 2. The van der Waals surface area contributed by atoms with Crippen LogP contribution in [-0.4, -0.2) is 28.2 Å². The van der Waals surface area contributed by atoms with E-state index in [1.54, 1.807) is 7.05 Å². The van der Waals surface area contributed by atoms with Gasteiger partial charge < -0.3 is 10.6 Å². The van der Waals surface area contributed by atoms with Crippen LogP contribution in [0.25, 0.3) is 0 Å². The largest absolute Gasteiger partial charge is 0.379 e. The molecule has 7 heteroatoms. The normalized spacial score (nSPS) is 10.3. The number of hydrogen-bond donors (Lipinski definition) is 1. The minimum atomic E-state index is -0.329. The zero-order chi connectivity index (χ0) is 13.1. The third-order valence-electron chi connectivity index (χ3n) is 2.43. The first-order valence-electron chi connectivity index (χ1n) is 5.16. The smallest absolute Gasteiger partial charge is 0.280 e. The highest BCUT2D eigenvalue weighted by molar-refractivity contribution is 9.10. The van der Waals surface area contributed by atoms with Gasteiger partial charge in [-0.25, -0.2) is 4.63 Å². The Bertz CT molecular complexity index is 570. The number of nitrogens with two attached hydrogens (primary N) is 1. The van der Waals surface area contributed by atoms with Crippen LogP contribution in [0.4, 0.5) is 5.82 Å². The molecule has 0 fully saturated rings. The van der Waals surface area contributed by atoms with Gasteiger partial charge in [-0.1, -0.05) is 34.1 Å². The zero-order valence-electron chi connectivity index (χ0n) is 9.63. The van der Waals surface area contributed by atoms with Gasteiger partial charge in [0.2, 0.25) is 11.5 Å². The number of carbonyl (C=O) groups excluding carboxylic acids is 1. The molecule has 0 aliphatic carbocycles. The van der Waals surface area contributed by atoms with Crippen molar-refractivity contribution in [1.29, 1.82) is 0 Å². The summed E-state index contributed by atoms with van der Waals surface area (Å²) in [7, 11) is 1.66. The van der Waals surface area contributed by atoms with Gasteiger partial charge in [0.1, 0.15) is 0 Å². The molecule has 0 bridgehead atoms. The van der Waals surface area contributed by atoms with E-state index in [1.807, 2.05) is 24.3 Å². The number of hydrogen-bond acceptors (Lipinski definition) is 5. The fourth-order valence-corrected chi connectivity index (χ4v) is 1.89. The lowest BCUT2D eigenvalue weighted by atomic mass is 10.2. The van der Waals surface area contributed by atoms with Crippen molar-refractivity contribution in [3.05, 3.63) is 40.0 Å². The van der Waals surface area contributed by atoms with Crippen molar-refractivity contribution >= 4 is 27.7 Å². The molecule has 1 heterocycles. The van der Waals surface area contributed by atoms with E-state index in [4.69, 9.17) is 5.73 Å². The van der Waals surface area contributed by atoms with E-state index in [2.05, 4.69) is 30.9 Å². The number of benzene rings is 1. The molecule has 0 spiro atoms. The van der Waals surface area contributed by atoms with Crippen LogP contribution in [0.15, 0.2) is 33.4 Å². The van der Waals surface area contributed by atoms with Crippen molar-refractivity contribution < 1.29 is 9.42 Å². The van der Waals surface area contributed by atoms with Gasteiger partial charge in [-0.05, 0) is 21.9 Å². The van der Waals surface area contributed by atoms with Crippen LogP contribution in [-0.2, 0) is 6.54 Å². The molecule has 2 rings (SSSR count). The number of amides is 1. The third-order valence-corrected chi connectivity index (χ3v) is 3.20. The van der Waals surface area contributed by atoms with Crippen LogP contribution in [0.1, 0.15) is 16.1 Å². The van der Waals surface area contributed by atoms with Gasteiger partial charge >= 0.3 is 0 Å². The number of halogens is 1. The molecule has 6 nitrogen and oxygen atoms in total. The number of anilines is 1. The van der Waals surface area contributed by atoms with Gasteiger partial charge in [-0.2, -0.15) is 0 Å². The Morgan fingerprint density at radius 2 is 2.17 bits per heavy atom. The second kappa shape index (κ2) is 5.18. The van der Waals surface area contributed by atoms with Crippen LogP contribution < -0.4 is 5.73 Å². The predicted octanol–water partition coefficient (Wildman–Crippen LogP) is 1.69. The highest BCUT2D eigenvalue weighted by atomic mass is 79.9. The van der Waals surface area contributed by atoms with E-state index < -0.39 is 0 Å². The number of nitrogen functional groups attached to an aromatic ring is 1. The molecule has 1 amide bonds. The average molecular weight is 311 g/mol. The molecule has 1 aromatic heterocycles. The maximum atomic E-state index is 12.0. The molecule has 0 saturated heterocycles. The SMILES string of the molecule is CN(Cc1ccccc1Br)C(=O)c1nonc1N. The average Bonchev–Trinajstić information content (AvgIpc) is 2.77. The first kappa shape index (κ1) is 12.6. The summed E-state index contributed by atoms with van der Waals surface area (Å²) in [5.41, 5.74) is 6.50. The summed E-state index contributed by atoms with van der Waals surface area (Å²) < 4.78 is 5.35. The minimum absolute atomic E-state index is 0.000947. The molecule has 94 valence electrons. The summed E-state index contributed by atoms with van der Waals surface area (Å²) in [5, 5.41) is 6.87. The van der Waals surface area contributed by atoms with Gasteiger partial charge in [0.15, 0.2) is 0 Å². The Hall–Kier alpha value is -1.89. The van der Waals surface area contributed by atoms with Crippen molar-refractivity contribution in [2.45, 2.75) is 6.54 Å². The fraction of sp³-hybridized carbons (Fsp3) is 0.182. The van der Waals surface area contributed by atoms with E-state index in [-0.39, 0.29) is 17.4 Å². The highest BCUT2D eigenvalue weighted by Gasteiger charge is 2.20. The van der Waals surface area contributed by atoms with Gasteiger partial charge in [-0.3, -0.25) is 4.79 Å². The molecule has 18 heavy (non-hydrogen) atoms. The van der Waals surface area contributed by atoms with Gasteiger partial charge in [0.25, 0.3) is 5.91 Å². The molecular formula is C11H11BrN4O2. The van der Waals surface area contributed by atoms with Crippen molar-refractivity contribution in [3.8, 4) is 0 Å². The molecule has 0 aliphatic rings. The maximum Gasteiger partial charge on any atom is 0.280 e. The summed E-state index contributed by atoms with van der Waals surface area (Å²) in [6.07, 6.45) is 0. The molecule has 0 atom stereocenters. The number of rotatable bonds is 3. The van der Waals surface area contributed by atoms with Crippen LogP contribution >= 0.6 is 15.9 Å². The molecular weight excluding hydrogens is 300 g/mol. The van der Waals surface area contributed by atoms with E-state index in [0.29, 0.717) is 6.54 Å². The Labute approximate surface area is 112 Å². The topological polar surface area (TPSA) is 85.2 Å². The standard InChI is InChI=1S/C11H11BrN4O2/c1-16(6-7-4-2-3-5-8(7)12)11(17)9-10(13)15-18-14-9/h2-5H,6H2,1H3,(H2,13,15). The van der Waals surface area contributed by atoms with Crippen molar-refractivity contribution in [3.63, 3.8) is 0 Å². The van der Waals surface area contributed by atoms with Crippen molar-refractivity contribution in [2.24, 2.45) is 0 Å². The lowest BCUT2D eigenvalue weighted by Gasteiger charge is -2.16. The Morgan fingerprint density at radius 3 is 2.78 bits per heavy atom. The Kier molecular flexibility index (Phi) is 3.61. The van der Waals surface area contributed by atoms with E-state index in [0.717, 1.165) is 10.0 Å². The minimum Gasteiger partial charge on any atom is -0.379 e. The predicted molar refractivity (Wildman–Crippen MR) is 68.6 cm³/mol.